The van der Waals surface area contributed by atoms with Gasteiger partial charge < -0.3 is 15.0 Å². The molecule has 28 heavy (non-hydrogen) atoms. The number of nitrogens with one attached hydrogen (secondary N) is 1. The minimum atomic E-state index is -0.863. The van der Waals surface area contributed by atoms with Crippen molar-refractivity contribution >= 4 is 5.91 Å². The van der Waals surface area contributed by atoms with Gasteiger partial charge in [0.05, 0.1) is 13.2 Å². The van der Waals surface area contributed by atoms with Crippen molar-refractivity contribution in [2.75, 3.05) is 46.9 Å². The second kappa shape index (κ2) is 9.12. The van der Waals surface area contributed by atoms with Crippen molar-refractivity contribution in [3.8, 4) is 5.75 Å². The fourth-order valence-corrected chi connectivity index (χ4v) is 3.41. The van der Waals surface area contributed by atoms with Crippen LogP contribution < -0.4 is 10.1 Å². The number of halogens is 2. The van der Waals surface area contributed by atoms with Crippen LogP contribution in [-0.2, 0) is 0 Å². The smallest absolute Gasteiger partial charge is 0.257 e. The zero-order valence-corrected chi connectivity index (χ0v) is 16.1. The highest BCUT2D eigenvalue weighted by molar-refractivity contribution is 5.94. The lowest BCUT2D eigenvalue weighted by Gasteiger charge is -2.38. The standard InChI is InChI=1S/C21H25F2N3O2/c1-25-10-12-26(13-11-25)19(15-6-8-16(28-2)9-7-15)14-24-21(27)20-17(22)4-3-5-18(20)23/h3-9,19H,10-14H2,1-2H3,(H,24,27). The minimum Gasteiger partial charge on any atom is -0.497 e. The fourth-order valence-electron chi connectivity index (χ4n) is 3.41. The van der Waals surface area contributed by atoms with Crippen LogP contribution in [-0.4, -0.2) is 62.6 Å². The van der Waals surface area contributed by atoms with E-state index in [1.807, 2.05) is 24.3 Å². The SMILES string of the molecule is COc1ccc(C(CNC(=O)c2c(F)cccc2F)N2CCN(C)CC2)cc1. The van der Waals surface area contributed by atoms with Gasteiger partial charge in [0.15, 0.2) is 0 Å². The quantitative estimate of drug-likeness (QED) is 0.825. The van der Waals surface area contributed by atoms with Crippen LogP contribution in [0.3, 0.4) is 0 Å². The van der Waals surface area contributed by atoms with E-state index in [9.17, 15) is 13.6 Å². The summed E-state index contributed by atoms with van der Waals surface area (Å²) in [4.78, 5) is 16.9. The average Bonchev–Trinajstić information content (AvgIpc) is 2.70. The Morgan fingerprint density at radius 3 is 2.25 bits per heavy atom. The molecule has 0 aromatic heterocycles. The summed E-state index contributed by atoms with van der Waals surface area (Å²) in [6, 6.07) is 11.0. The first-order chi connectivity index (χ1) is 13.5. The Bertz CT molecular complexity index is 786. The van der Waals surface area contributed by atoms with E-state index in [1.165, 1.54) is 6.07 Å². The Labute approximate surface area is 163 Å². The number of carbonyl (C=O) groups is 1. The molecule has 0 bridgehead atoms. The van der Waals surface area contributed by atoms with Gasteiger partial charge in [0.25, 0.3) is 5.91 Å². The van der Waals surface area contributed by atoms with Gasteiger partial charge in [0, 0.05) is 32.7 Å². The van der Waals surface area contributed by atoms with Gasteiger partial charge in [-0.2, -0.15) is 0 Å². The van der Waals surface area contributed by atoms with Crippen LogP contribution >= 0.6 is 0 Å². The molecule has 150 valence electrons. The normalized spacial score (nSPS) is 16.6. The average molecular weight is 389 g/mol. The summed E-state index contributed by atoms with van der Waals surface area (Å²) in [5.74, 6) is -1.72. The van der Waals surface area contributed by atoms with E-state index in [1.54, 1.807) is 7.11 Å². The molecule has 1 unspecified atom stereocenters. The number of amides is 1. The van der Waals surface area contributed by atoms with E-state index in [4.69, 9.17) is 4.74 Å². The van der Waals surface area contributed by atoms with Gasteiger partial charge in [-0.15, -0.1) is 0 Å². The number of piperazine rings is 1. The Kier molecular flexibility index (Phi) is 6.59. The zero-order valence-electron chi connectivity index (χ0n) is 16.1. The molecule has 2 aromatic rings. The number of benzene rings is 2. The maximum Gasteiger partial charge on any atom is 0.257 e. The van der Waals surface area contributed by atoms with Crippen LogP contribution in [0, 0.1) is 11.6 Å². The van der Waals surface area contributed by atoms with Gasteiger partial charge in [0.1, 0.15) is 22.9 Å². The van der Waals surface area contributed by atoms with Gasteiger partial charge in [-0.05, 0) is 36.9 Å². The van der Waals surface area contributed by atoms with Crippen LogP contribution in [0.2, 0.25) is 0 Å². The lowest BCUT2D eigenvalue weighted by atomic mass is 10.0. The van der Waals surface area contributed by atoms with Gasteiger partial charge in [-0.3, -0.25) is 9.69 Å². The largest absolute Gasteiger partial charge is 0.497 e. The van der Waals surface area contributed by atoms with E-state index in [0.717, 1.165) is 49.6 Å². The summed E-state index contributed by atoms with van der Waals surface area (Å²) >= 11 is 0. The summed E-state index contributed by atoms with van der Waals surface area (Å²) < 4.78 is 33.0. The Hall–Kier alpha value is -2.51. The van der Waals surface area contributed by atoms with Crippen LogP contribution in [0.1, 0.15) is 22.0 Å². The van der Waals surface area contributed by atoms with Crippen molar-refractivity contribution in [2.45, 2.75) is 6.04 Å². The molecule has 1 aliphatic rings. The highest BCUT2D eigenvalue weighted by Crippen LogP contribution is 2.24. The molecule has 1 fully saturated rings. The predicted molar refractivity (Wildman–Crippen MR) is 103 cm³/mol. The number of likely N-dealkylation sites (N-methyl/N-ethyl adjacent to an activating group) is 1. The van der Waals surface area contributed by atoms with E-state index in [-0.39, 0.29) is 12.6 Å². The van der Waals surface area contributed by atoms with Gasteiger partial charge in [-0.25, -0.2) is 8.78 Å². The highest BCUT2D eigenvalue weighted by Gasteiger charge is 2.25. The number of ether oxygens (including phenoxy) is 1. The minimum absolute atomic E-state index is 0.0987. The lowest BCUT2D eigenvalue weighted by molar-refractivity contribution is 0.0879. The third kappa shape index (κ3) is 4.66. The monoisotopic (exact) mass is 389 g/mol. The van der Waals surface area contributed by atoms with Crippen molar-refractivity contribution in [2.24, 2.45) is 0 Å². The molecule has 7 heteroatoms. The molecule has 0 aliphatic carbocycles. The molecular weight excluding hydrogens is 364 g/mol. The van der Waals surface area contributed by atoms with Crippen molar-refractivity contribution in [3.63, 3.8) is 0 Å². The topological polar surface area (TPSA) is 44.8 Å². The zero-order chi connectivity index (χ0) is 20.1. The summed E-state index contributed by atoms with van der Waals surface area (Å²) in [7, 11) is 3.68. The molecular formula is C21H25F2N3O2. The van der Waals surface area contributed by atoms with E-state index in [0.29, 0.717) is 0 Å². The number of rotatable bonds is 6. The highest BCUT2D eigenvalue weighted by atomic mass is 19.1. The van der Waals surface area contributed by atoms with Gasteiger partial charge in [0.2, 0.25) is 0 Å². The van der Waals surface area contributed by atoms with Gasteiger partial charge >= 0.3 is 0 Å². The maximum atomic E-state index is 13.9. The van der Waals surface area contributed by atoms with Crippen molar-refractivity contribution in [1.82, 2.24) is 15.1 Å². The third-order valence-electron chi connectivity index (χ3n) is 5.13. The third-order valence-corrected chi connectivity index (χ3v) is 5.13. The molecule has 0 radical (unpaired) electrons. The molecule has 1 atom stereocenters. The van der Waals surface area contributed by atoms with Crippen molar-refractivity contribution < 1.29 is 18.3 Å². The number of nitrogens with zero attached hydrogens (tertiary/aromatic N) is 2. The van der Waals surface area contributed by atoms with E-state index in [2.05, 4.69) is 22.2 Å². The first-order valence-corrected chi connectivity index (χ1v) is 9.28. The fraction of sp³-hybridized carbons (Fsp3) is 0.381. The van der Waals surface area contributed by atoms with Crippen LogP contribution in [0.5, 0.6) is 5.75 Å². The van der Waals surface area contributed by atoms with Crippen LogP contribution in [0.15, 0.2) is 42.5 Å². The molecule has 1 heterocycles. The Morgan fingerprint density at radius 2 is 1.68 bits per heavy atom. The second-order valence-corrected chi connectivity index (χ2v) is 6.93. The van der Waals surface area contributed by atoms with Gasteiger partial charge in [-0.1, -0.05) is 18.2 Å². The first-order valence-electron chi connectivity index (χ1n) is 9.28. The number of carbonyl (C=O) groups excluding carboxylic acids is 1. The Morgan fingerprint density at radius 1 is 1.07 bits per heavy atom. The summed E-state index contributed by atoms with van der Waals surface area (Å²) in [6.45, 7) is 3.78. The second-order valence-electron chi connectivity index (χ2n) is 6.93. The predicted octanol–water partition coefficient (Wildman–Crippen LogP) is 2.69. The molecule has 2 aromatic carbocycles. The van der Waals surface area contributed by atoms with E-state index >= 15 is 0 Å². The molecule has 1 N–H and O–H groups in total. The molecule has 1 saturated heterocycles. The number of methoxy groups -OCH3 is 1. The summed E-state index contributed by atoms with van der Waals surface area (Å²) in [5, 5.41) is 2.71. The Balaban J connectivity index is 1.77. The van der Waals surface area contributed by atoms with E-state index < -0.39 is 23.1 Å². The number of hydrogen-bond acceptors (Lipinski definition) is 4. The molecule has 0 spiro atoms. The van der Waals surface area contributed by atoms with Crippen molar-refractivity contribution in [3.05, 3.63) is 65.2 Å². The summed E-state index contributed by atoms with van der Waals surface area (Å²) in [6.07, 6.45) is 0. The lowest BCUT2D eigenvalue weighted by Crippen LogP contribution is -2.48. The molecule has 1 amide bonds. The number of hydrogen-bond donors (Lipinski definition) is 1. The molecule has 3 rings (SSSR count). The molecule has 5 nitrogen and oxygen atoms in total. The van der Waals surface area contributed by atoms with Crippen LogP contribution in [0.4, 0.5) is 8.78 Å². The maximum absolute atomic E-state index is 13.9. The summed E-state index contributed by atoms with van der Waals surface area (Å²) in [5.41, 5.74) is 0.467. The molecule has 0 saturated carbocycles. The first kappa shape index (κ1) is 20.2. The van der Waals surface area contributed by atoms with Crippen LogP contribution in [0.25, 0.3) is 0 Å². The molecule has 1 aliphatic heterocycles. The van der Waals surface area contributed by atoms with Crippen molar-refractivity contribution in [1.29, 1.82) is 0 Å².